The molecule has 0 aliphatic rings. The molecule has 118 valence electrons. The van der Waals surface area contributed by atoms with Gasteiger partial charge in [-0.2, -0.15) is 0 Å². The minimum atomic E-state index is -0.100. The zero-order valence-corrected chi connectivity index (χ0v) is 15.7. The summed E-state index contributed by atoms with van der Waals surface area (Å²) in [6.07, 6.45) is 1.20. The molecular weight excluding hydrogens is 283 g/mol. The number of hydrogen-bond donors (Lipinski definition) is 0. The summed E-state index contributed by atoms with van der Waals surface area (Å²) < 4.78 is 0. The minimum absolute atomic E-state index is 0.100. The third-order valence-electron chi connectivity index (χ3n) is 3.99. The average molecular weight is 312 g/mol. The molecule has 0 aliphatic carbocycles. The summed E-state index contributed by atoms with van der Waals surface area (Å²) in [5, 5.41) is 0.743. The fourth-order valence-electron chi connectivity index (χ4n) is 3.14. The Kier molecular flexibility index (Phi) is 5.13. The van der Waals surface area contributed by atoms with Gasteiger partial charge < -0.3 is 0 Å². The highest BCUT2D eigenvalue weighted by Crippen LogP contribution is 2.61. The van der Waals surface area contributed by atoms with E-state index in [1.54, 1.807) is 0 Å². The molecule has 2 aromatic rings. The summed E-state index contributed by atoms with van der Waals surface area (Å²) in [7, 11) is -0.100. The van der Waals surface area contributed by atoms with E-state index < -0.39 is 0 Å². The lowest BCUT2D eigenvalue weighted by Crippen LogP contribution is -2.25. The lowest BCUT2D eigenvalue weighted by Gasteiger charge is -2.41. The van der Waals surface area contributed by atoms with Crippen molar-refractivity contribution in [2.24, 2.45) is 0 Å². The molecule has 0 aromatic heterocycles. The fraction of sp³-hybridized carbons (Fsp3) is 0.429. The van der Waals surface area contributed by atoms with E-state index in [0.29, 0.717) is 10.3 Å². The van der Waals surface area contributed by atoms with Crippen molar-refractivity contribution in [2.75, 3.05) is 0 Å². The van der Waals surface area contributed by atoms with Gasteiger partial charge in [-0.3, -0.25) is 0 Å². The maximum atomic E-state index is 2.39. The monoisotopic (exact) mass is 312 g/mol. The van der Waals surface area contributed by atoms with E-state index in [1.165, 1.54) is 22.9 Å². The van der Waals surface area contributed by atoms with Crippen LogP contribution in [0, 0.1) is 0 Å². The molecule has 0 spiro atoms. The first-order chi connectivity index (χ1) is 10.2. The Morgan fingerprint density at radius 2 is 1.23 bits per heavy atom. The molecule has 0 saturated heterocycles. The molecule has 22 heavy (non-hydrogen) atoms. The van der Waals surface area contributed by atoms with Crippen LogP contribution in [0.2, 0.25) is 0 Å². The van der Waals surface area contributed by atoms with Crippen LogP contribution < -0.4 is 0 Å². The third-order valence-corrected chi connectivity index (χ3v) is 7.91. The summed E-state index contributed by atoms with van der Waals surface area (Å²) in [6.45, 7) is 14.4. The molecule has 0 fully saturated rings. The maximum absolute atomic E-state index is 2.39. The highest BCUT2D eigenvalue weighted by Gasteiger charge is 2.33. The summed E-state index contributed by atoms with van der Waals surface area (Å²) in [6, 6.07) is 19.8. The molecular formula is C21H29P. The molecule has 0 heterocycles. The van der Waals surface area contributed by atoms with Crippen LogP contribution in [-0.2, 0) is 6.16 Å². The standard InChI is InChI=1S/C21H29P/c1-20(2,3)22(21(4,5)6)16-17-11-10-14-19(15-17)18-12-8-7-9-13-18/h7-15H,16H2,1-6H3. The van der Waals surface area contributed by atoms with Crippen LogP contribution in [0.15, 0.2) is 54.6 Å². The minimum Gasteiger partial charge on any atom is -0.0911 e. The molecule has 0 unspecified atom stereocenters. The summed E-state index contributed by atoms with van der Waals surface area (Å²) >= 11 is 0. The third kappa shape index (κ3) is 4.43. The van der Waals surface area contributed by atoms with Crippen molar-refractivity contribution >= 4 is 7.92 Å². The molecule has 2 rings (SSSR count). The van der Waals surface area contributed by atoms with Crippen LogP contribution >= 0.6 is 7.92 Å². The summed E-state index contributed by atoms with van der Waals surface area (Å²) in [5.74, 6) is 0. The fourth-order valence-corrected chi connectivity index (χ4v) is 6.67. The summed E-state index contributed by atoms with van der Waals surface area (Å²) in [5.41, 5.74) is 4.10. The van der Waals surface area contributed by atoms with Crippen LogP contribution in [0.5, 0.6) is 0 Å². The predicted octanol–water partition coefficient (Wildman–Crippen LogP) is 6.93. The first-order valence-corrected chi connectivity index (χ1v) is 9.63. The van der Waals surface area contributed by atoms with Crippen LogP contribution in [-0.4, -0.2) is 10.3 Å². The van der Waals surface area contributed by atoms with Crippen molar-refractivity contribution in [3.05, 3.63) is 60.2 Å². The lowest BCUT2D eigenvalue weighted by atomic mass is 10.0. The van der Waals surface area contributed by atoms with Gasteiger partial charge in [0.1, 0.15) is 0 Å². The molecule has 0 amide bonds. The zero-order valence-electron chi connectivity index (χ0n) is 14.9. The van der Waals surface area contributed by atoms with Crippen molar-refractivity contribution in [1.29, 1.82) is 0 Å². The Hall–Kier alpha value is -1.13. The second-order valence-corrected chi connectivity index (χ2v) is 11.8. The number of rotatable bonds is 3. The van der Waals surface area contributed by atoms with Crippen LogP contribution in [0.3, 0.4) is 0 Å². The Morgan fingerprint density at radius 1 is 0.682 bits per heavy atom. The van der Waals surface area contributed by atoms with Crippen molar-refractivity contribution in [2.45, 2.75) is 58.0 Å². The number of benzene rings is 2. The Balaban J connectivity index is 2.30. The SMILES string of the molecule is CC(C)(C)P(Cc1cccc(-c2ccccc2)c1)C(C)(C)C. The van der Waals surface area contributed by atoms with Gasteiger partial charge in [0.25, 0.3) is 0 Å². The van der Waals surface area contributed by atoms with Gasteiger partial charge in [0.05, 0.1) is 0 Å². The van der Waals surface area contributed by atoms with Crippen molar-refractivity contribution in [3.63, 3.8) is 0 Å². The predicted molar refractivity (Wildman–Crippen MR) is 102 cm³/mol. The van der Waals surface area contributed by atoms with Crippen LogP contribution in [0.4, 0.5) is 0 Å². The van der Waals surface area contributed by atoms with Crippen LogP contribution in [0.25, 0.3) is 11.1 Å². The lowest BCUT2D eigenvalue weighted by molar-refractivity contribution is 0.702. The van der Waals surface area contributed by atoms with Crippen molar-refractivity contribution in [3.8, 4) is 11.1 Å². The normalized spacial score (nSPS) is 12.7. The maximum Gasteiger partial charge on any atom is -0.00635 e. The Labute approximate surface area is 137 Å². The zero-order chi connectivity index (χ0) is 16.4. The smallest absolute Gasteiger partial charge is 0.00635 e. The molecule has 1 heteroatoms. The molecule has 0 N–H and O–H groups in total. The van der Waals surface area contributed by atoms with Gasteiger partial charge in [-0.25, -0.2) is 0 Å². The average Bonchev–Trinajstić information content (AvgIpc) is 2.44. The van der Waals surface area contributed by atoms with E-state index in [0.717, 1.165) is 0 Å². The molecule has 2 aromatic carbocycles. The second-order valence-electron chi connectivity index (χ2n) is 7.99. The second kappa shape index (κ2) is 6.55. The van der Waals surface area contributed by atoms with E-state index in [4.69, 9.17) is 0 Å². The van der Waals surface area contributed by atoms with E-state index in [9.17, 15) is 0 Å². The molecule has 0 atom stereocenters. The highest BCUT2D eigenvalue weighted by atomic mass is 31.1. The Morgan fingerprint density at radius 3 is 1.77 bits per heavy atom. The van der Waals surface area contributed by atoms with Crippen molar-refractivity contribution < 1.29 is 0 Å². The Bertz CT molecular complexity index is 586. The van der Waals surface area contributed by atoms with E-state index >= 15 is 0 Å². The molecule has 0 nitrogen and oxygen atoms in total. The molecule has 0 saturated carbocycles. The largest absolute Gasteiger partial charge is 0.0911 e. The number of hydrogen-bond acceptors (Lipinski definition) is 0. The van der Waals surface area contributed by atoms with Gasteiger partial charge >= 0.3 is 0 Å². The molecule has 0 bridgehead atoms. The van der Waals surface area contributed by atoms with Gasteiger partial charge in [0.2, 0.25) is 0 Å². The summed E-state index contributed by atoms with van der Waals surface area (Å²) in [4.78, 5) is 0. The molecule has 0 radical (unpaired) electrons. The highest BCUT2D eigenvalue weighted by molar-refractivity contribution is 7.60. The van der Waals surface area contributed by atoms with Crippen LogP contribution in [0.1, 0.15) is 47.1 Å². The quantitative estimate of drug-likeness (QED) is 0.539. The van der Waals surface area contributed by atoms with Crippen molar-refractivity contribution in [1.82, 2.24) is 0 Å². The van der Waals surface area contributed by atoms with Gasteiger partial charge in [0.15, 0.2) is 0 Å². The topological polar surface area (TPSA) is 0 Å². The van der Waals surface area contributed by atoms with E-state index in [2.05, 4.69) is 96.1 Å². The van der Waals surface area contributed by atoms with Gasteiger partial charge in [-0.05, 0) is 33.2 Å². The first-order valence-electron chi connectivity index (χ1n) is 8.10. The van der Waals surface area contributed by atoms with E-state index in [-0.39, 0.29) is 7.92 Å². The van der Waals surface area contributed by atoms with Gasteiger partial charge in [-0.15, -0.1) is 0 Å². The molecule has 0 aliphatic heterocycles. The van der Waals surface area contributed by atoms with E-state index in [1.807, 2.05) is 0 Å². The first kappa shape index (κ1) is 17.2. The van der Waals surface area contributed by atoms with Gasteiger partial charge in [0, 0.05) is 0 Å². The van der Waals surface area contributed by atoms with Gasteiger partial charge in [-0.1, -0.05) is 104 Å².